The van der Waals surface area contributed by atoms with Crippen LogP contribution in [0, 0.1) is 5.82 Å². The van der Waals surface area contributed by atoms with Crippen LogP contribution in [0.25, 0.3) is 10.6 Å². The van der Waals surface area contributed by atoms with Gasteiger partial charge in [0.15, 0.2) is 5.69 Å². The van der Waals surface area contributed by atoms with E-state index in [1.807, 2.05) is 0 Å². The van der Waals surface area contributed by atoms with Crippen LogP contribution in [-0.4, -0.2) is 17.0 Å². The van der Waals surface area contributed by atoms with Gasteiger partial charge in [-0.2, -0.15) is 13.2 Å². The number of anilines is 1. The van der Waals surface area contributed by atoms with Crippen molar-refractivity contribution in [3.05, 3.63) is 30.0 Å². The monoisotopic (exact) mass is 309 g/mol. The van der Waals surface area contributed by atoms with Crippen LogP contribution in [0.3, 0.4) is 0 Å². The summed E-state index contributed by atoms with van der Waals surface area (Å²) in [5, 5.41) is -0.120. The lowest BCUT2D eigenvalue weighted by Gasteiger charge is -2.11. The number of aromatic nitrogens is 2. The van der Waals surface area contributed by atoms with Gasteiger partial charge >= 0.3 is 6.18 Å². The molecule has 2 aromatic heterocycles. The molecule has 19 heavy (non-hydrogen) atoms. The average Bonchev–Trinajstić information content (AvgIpc) is 2.73. The van der Waals surface area contributed by atoms with E-state index in [1.54, 1.807) is 0 Å². The van der Waals surface area contributed by atoms with E-state index >= 15 is 0 Å². The van der Waals surface area contributed by atoms with E-state index in [2.05, 4.69) is 22.8 Å². The zero-order chi connectivity index (χ0) is 14.2. The maximum absolute atomic E-state index is 13.0. The van der Waals surface area contributed by atoms with Crippen molar-refractivity contribution in [2.75, 3.05) is 11.4 Å². The molecular weight excluding hydrogens is 302 g/mol. The third kappa shape index (κ3) is 2.98. The van der Waals surface area contributed by atoms with Crippen molar-refractivity contribution < 1.29 is 17.6 Å². The van der Waals surface area contributed by atoms with Gasteiger partial charge in [0.2, 0.25) is 0 Å². The number of thiazole rings is 1. The molecule has 0 atom stereocenters. The van der Waals surface area contributed by atoms with Crippen LogP contribution in [0.4, 0.5) is 22.6 Å². The van der Waals surface area contributed by atoms with Gasteiger partial charge in [-0.05, 0) is 6.07 Å². The highest BCUT2D eigenvalue weighted by atomic mass is 32.1. The highest BCUT2D eigenvalue weighted by Gasteiger charge is 2.38. The molecule has 0 saturated heterocycles. The van der Waals surface area contributed by atoms with Crippen LogP contribution in [0.1, 0.15) is 5.69 Å². The third-order valence-corrected chi connectivity index (χ3v) is 3.64. The molecule has 9 heteroatoms. The summed E-state index contributed by atoms with van der Waals surface area (Å²) < 4.78 is 52.5. The van der Waals surface area contributed by atoms with Crippen molar-refractivity contribution in [3.63, 3.8) is 0 Å². The van der Waals surface area contributed by atoms with Crippen LogP contribution in [0.5, 0.6) is 0 Å². The fourth-order valence-corrected chi connectivity index (χ4v) is 2.53. The summed E-state index contributed by atoms with van der Waals surface area (Å²) >= 11 is 4.62. The van der Waals surface area contributed by atoms with Gasteiger partial charge in [0.25, 0.3) is 0 Å². The molecule has 0 spiro atoms. The zero-order valence-electron chi connectivity index (χ0n) is 9.44. The van der Waals surface area contributed by atoms with E-state index in [4.69, 9.17) is 0 Å². The number of thiol groups is 1. The Morgan fingerprint density at radius 1 is 1.32 bits per heavy atom. The van der Waals surface area contributed by atoms with Gasteiger partial charge in [0, 0.05) is 18.8 Å². The van der Waals surface area contributed by atoms with Crippen molar-refractivity contribution in [1.82, 2.24) is 9.97 Å². The molecule has 0 bridgehead atoms. The lowest BCUT2D eigenvalue weighted by Crippen LogP contribution is -2.11. The average molecular weight is 309 g/mol. The third-order valence-electron chi connectivity index (χ3n) is 2.12. The summed E-state index contributed by atoms with van der Waals surface area (Å²) in [6.07, 6.45) is -2.38. The minimum absolute atomic E-state index is 0.0372. The van der Waals surface area contributed by atoms with Crippen molar-refractivity contribution in [1.29, 1.82) is 0 Å². The Balaban J connectivity index is 2.55. The second kappa shape index (κ2) is 4.97. The van der Waals surface area contributed by atoms with Gasteiger partial charge < -0.3 is 4.31 Å². The summed E-state index contributed by atoms with van der Waals surface area (Å²) in [4.78, 5) is 7.09. The first-order valence-electron chi connectivity index (χ1n) is 4.90. The normalized spacial score (nSPS) is 11.7. The van der Waals surface area contributed by atoms with Gasteiger partial charge in [-0.1, -0.05) is 24.2 Å². The molecule has 0 aromatic carbocycles. The van der Waals surface area contributed by atoms with E-state index in [1.165, 1.54) is 13.2 Å². The molecule has 0 amide bonds. The van der Waals surface area contributed by atoms with E-state index in [0.717, 1.165) is 27.9 Å². The lowest BCUT2D eigenvalue weighted by molar-refractivity contribution is -0.140. The molecule has 102 valence electrons. The summed E-state index contributed by atoms with van der Waals surface area (Å²) in [6, 6.07) is 1.08. The van der Waals surface area contributed by atoms with Crippen molar-refractivity contribution in [2.24, 2.45) is 0 Å². The second-order valence-electron chi connectivity index (χ2n) is 3.59. The van der Waals surface area contributed by atoms with E-state index in [-0.39, 0.29) is 15.6 Å². The van der Waals surface area contributed by atoms with Crippen molar-refractivity contribution in [2.45, 2.75) is 6.18 Å². The van der Waals surface area contributed by atoms with E-state index in [0.29, 0.717) is 0 Å². The predicted octanol–water partition coefficient (Wildman–Crippen LogP) is 3.64. The fraction of sp³-hybridized carbons (Fsp3) is 0.200. The first-order valence-corrected chi connectivity index (χ1v) is 6.12. The second-order valence-corrected chi connectivity index (χ2v) is 5.16. The Kier molecular flexibility index (Phi) is 3.68. The Morgan fingerprint density at radius 3 is 2.47 bits per heavy atom. The lowest BCUT2D eigenvalue weighted by atomic mass is 10.3. The van der Waals surface area contributed by atoms with Crippen molar-refractivity contribution in [3.8, 4) is 10.6 Å². The molecule has 2 aromatic rings. The quantitative estimate of drug-likeness (QED) is 0.678. The van der Waals surface area contributed by atoms with Crippen LogP contribution in [-0.2, 0) is 6.18 Å². The minimum atomic E-state index is -4.60. The maximum Gasteiger partial charge on any atom is 0.436 e. The largest absolute Gasteiger partial charge is 0.436 e. The van der Waals surface area contributed by atoms with Crippen LogP contribution >= 0.6 is 24.2 Å². The minimum Gasteiger partial charge on any atom is -0.311 e. The van der Waals surface area contributed by atoms with Crippen LogP contribution < -0.4 is 4.31 Å². The number of rotatable bonds is 2. The molecule has 3 nitrogen and oxygen atoms in total. The summed E-state index contributed by atoms with van der Waals surface area (Å²) in [7, 11) is 1.36. The van der Waals surface area contributed by atoms with E-state index < -0.39 is 17.7 Å². The Hall–Kier alpha value is -1.35. The fourth-order valence-electron chi connectivity index (χ4n) is 1.37. The number of hydrogen-bond acceptors (Lipinski definition) is 5. The molecule has 2 heterocycles. The van der Waals surface area contributed by atoms with Gasteiger partial charge in [-0.3, -0.25) is 4.98 Å². The Labute approximate surface area is 115 Å². The molecule has 0 aliphatic carbocycles. The smallest absolute Gasteiger partial charge is 0.311 e. The number of alkyl halides is 3. The SMILES string of the molecule is CN(S)c1sc(-c2cncc(F)c2)nc1C(F)(F)F. The highest BCUT2D eigenvalue weighted by molar-refractivity contribution is 7.82. The molecule has 2 rings (SSSR count). The Bertz CT molecular complexity index is 595. The van der Waals surface area contributed by atoms with Gasteiger partial charge in [0.05, 0.1) is 6.20 Å². The molecule has 0 radical (unpaired) electrons. The molecule has 0 unspecified atom stereocenters. The van der Waals surface area contributed by atoms with Gasteiger partial charge in [-0.15, -0.1) is 0 Å². The Morgan fingerprint density at radius 2 is 2.00 bits per heavy atom. The van der Waals surface area contributed by atoms with Gasteiger partial charge in [-0.25, -0.2) is 9.37 Å². The topological polar surface area (TPSA) is 29.0 Å². The maximum atomic E-state index is 13.0. The molecular formula is C10H7F4N3S2. The highest BCUT2D eigenvalue weighted by Crippen LogP contribution is 2.42. The van der Waals surface area contributed by atoms with Crippen LogP contribution in [0.2, 0.25) is 0 Å². The van der Waals surface area contributed by atoms with Crippen LogP contribution in [0.15, 0.2) is 18.5 Å². The standard InChI is InChI=1S/C10H7F4N3S2/c1-17(18)9-7(10(12,13)14)16-8(19-9)5-2-6(11)4-15-3-5/h2-4,18H,1H3. The van der Waals surface area contributed by atoms with E-state index in [9.17, 15) is 17.6 Å². The predicted molar refractivity (Wildman–Crippen MR) is 67.7 cm³/mol. The molecule has 0 fully saturated rings. The molecule has 0 aliphatic heterocycles. The number of nitrogens with zero attached hydrogens (tertiary/aromatic N) is 3. The van der Waals surface area contributed by atoms with Gasteiger partial charge in [0.1, 0.15) is 15.8 Å². The molecule has 0 aliphatic rings. The number of hydrogen-bond donors (Lipinski definition) is 1. The molecule has 0 saturated carbocycles. The summed E-state index contributed by atoms with van der Waals surface area (Å²) in [5.41, 5.74) is -0.855. The number of pyridine rings is 1. The van der Waals surface area contributed by atoms with Crippen molar-refractivity contribution >= 4 is 29.2 Å². The molecule has 0 N–H and O–H groups in total. The summed E-state index contributed by atoms with van der Waals surface area (Å²) in [5.74, 6) is -0.637. The first-order chi connectivity index (χ1) is 8.79. The zero-order valence-corrected chi connectivity index (χ0v) is 11.2. The summed E-state index contributed by atoms with van der Waals surface area (Å²) in [6.45, 7) is 0. The first kappa shape index (κ1) is 14.1. The number of halogens is 4.